The number of nitro benzene ring substituents is 1. The molecule has 0 radical (unpaired) electrons. The van der Waals surface area contributed by atoms with Gasteiger partial charge in [-0.1, -0.05) is 25.3 Å². The predicted molar refractivity (Wildman–Crippen MR) is 118 cm³/mol. The molecular formula is C22H26N6O4. The molecule has 2 heterocycles. The molecule has 4 rings (SSSR count). The molecule has 0 aromatic heterocycles. The van der Waals surface area contributed by atoms with Crippen molar-refractivity contribution in [2.75, 3.05) is 38.1 Å². The highest BCUT2D eigenvalue weighted by Crippen LogP contribution is 2.39. The third kappa shape index (κ3) is 4.57. The summed E-state index contributed by atoms with van der Waals surface area (Å²) in [7, 11) is 0. The van der Waals surface area contributed by atoms with E-state index in [9.17, 15) is 20.2 Å². The van der Waals surface area contributed by atoms with Crippen LogP contribution in [0, 0.1) is 27.4 Å². The lowest BCUT2D eigenvalue weighted by atomic mass is 9.90. The van der Waals surface area contributed by atoms with Crippen molar-refractivity contribution in [1.29, 1.82) is 5.26 Å². The zero-order chi connectivity index (χ0) is 22.5. The van der Waals surface area contributed by atoms with Crippen LogP contribution in [0.2, 0.25) is 0 Å². The Hall–Kier alpha value is -3.45. The molecule has 1 saturated heterocycles. The lowest BCUT2D eigenvalue weighted by Crippen LogP contribution is -2.48. The summed E-state index contributed by atoms with van der Waals surface area (Å²) >= 11 is 0. The molecule has 2 aliphatic heterocycles. The number of hydrogen-bond acceptors (Lipinski definition) is 9. The molecule has 2 fully saturated rings. The largest absolute Gasteiger partial charge is 0.461 e. The first-order chi connectivity index (χ1) is 15.6. The fourth-order valence-corrected chi connectivity index (χ4v) is 4.36. The van der Waals surface area contributed by atoms with Crippen molar-refractivity contribution in [2.45, 2.75) is 32.1 Å². The van der Waals surface area contributed by atoms with Gasteiger partial charge in [0.05, 0.1) is 17.2 Å². The summed E-state index contributed by atoms with van der Waals surface area (Å²) in [6.45, 7) is 2.98. The molecule has 1 saturated carbocycles. The number of esters is 1. The molecule has 168 valence electrons. The van der Waals surface area contributed by atoms with E-state index in [-0.39, 0.29) is 29.3 Å². The van der Waals surface area contributed by atoms with Crippen LogP contribution in [-0.4, -0.2) is 54.4 Å². The standard InChI is InChI=1S/C22H26N6O4/c23-13-16(22(29)32-14-15-5-2-1-3-6-15)19-21(27-11-9-24-10-12-27)25-17-7-4-8-18(28(30)31)20(17)26-19/h4,7-8,15,24,26H,1-3,5-6,9-12,14H2. The quantitative estimate of drug-likeness (QED) is 0.241. The van der Waals surface area contributed by atoms with Gasteiger partial charge in [-0.05, 0) is 24.8 Å². The Balaban J connectivity index is 1.69. The number of para-hydroxylation sites is 1. The van der Waals surface area contributed by atoms with Crippen LogP contribution in [0.1, 0.15) is 32.1 Å². The Morgan fingerprint density at radius 3 is 2.72 bits per heavy atom. The van der Waals surface area contributed by atoms with Gasteiger partial charge < -0.3 is 20.3 Å². The van der Waals surface area contributed by atoms with Gasteiger partial charge in [-0.2, -0.15) is 5.26 Å². The number of hydrogen-bond donors (Lipinski definition) is 2. The predicted octanol–water partition coefficient (Wildman–Crippen LogP) is 2.86. The smallest absolute Gasteiger partial charge is 0.351 e. The Bertz CT molecular complexity index is 1000. The minimum Gasteiger partial charge on any atom is -0.461 e. The number of piperazine rings is 1. The van der Waals surface area contributed by atoms with Crippen molar-refractivity contribution in [1.82, 2.24) is 10.2 Å². The number of carbonyl (C=O) groups excluding carboxylic acids is 1. The third-order valence-electron chi connectivity index (χ3n) is 6.07. The van der Waals surface area contributed by atoms with Crippen molar-refractivity contribution >= 4 is 28.9 Å². The summed E-state index contributed by atoms with van der Waals surface area (Å²) in [5, 5.41) is 27.6. The fraction of sp³-hybridized carbons (Fsp3) is 0.500. The van der Waals surface area contributed by atoms with Crippen LogP contribution in [0.5, 0.6) is 0 Å². The average molecular weight is 438 g/mol. The topological polar surface area (TPSA) is 133 Å². The number of ether oxygens (including phenoxy) is 1. The first-order valence-corrected chi connectivity index (χ1v) is 11.0. The number of rotatable bonds is 4. The molecule has 0 unspecified atom stereocenters. The highest BCUT2D eigenvalue weighted by molar-refractivity contribution is 6.13. The zero-order valence-corrected chi connectivity index (χ0v) is 17.8. The van der Waals surface area contributed by atoms with Crippen LogP contribution in [0.3, 0.4) is 0 Å². The van der Waals surface area contributed by atoms with Gasteiger partial charge in [-0.15, -0.1) is 0 Å². The number of nitrogens with one attached hydrogen (secondary N) is 2. The van der Waals surface area contributed by atoms with Crippen molar-refractivity contribution in [3.05, 3.63) is 39.6 Å². The number of nitriles is 1. The van der Waals surface area contributed by atoms with Crippen molar-refractivity contribution in [3.63, 3.8) is 0 Å². The van der Waals surface area contributed by atoms with E-state index in [1.165, 1.54) is 12.5 Å². The number of carbonyl (C=O) groups is 1. The van der Waals surface area contributed by atoms with Gasteiger partial charge in [0.2, 0.25) is 0 Å². The molecule has 0 spiro atoms. The lowest BCUT2D eigenvalue weighted by Gasteiger charge is -2.33. The van der Waals surface area contributed by atoms with E-state index in [2.05, 4.69) is 15.6 Å². The minimum atomic E-state index is -0.731. The van der Waals surface area contributed by atoms with Crippen molar-refractivity contribution < 1.29 is 14.5 Å². The maximum atomic E-state index is 12.9. The van der Waals surface area contributed by atoms with Crippen LogP contribution >= 0.6 is 0 Å². The average Bonchev–Trinajstić information content (AvgIpc) is 2.83. The lowest BCUT2D eigenvalue weighted by molar-refractivity contribution is -0.383. The van der Waals surface area contributed by atoms with Crippen LogP contribution in [0.4, 0.5) is 17.1 Å². The molecule has 10 heteroatoms. The van der Waals surface area contributed by atoms with Gasteiger partial charge in [-0.25, -0.2) is 9.79 Å². The van der Waals surface area contributed by atoms with Gasteiger partial charge >= 0.3 is 5.97 Å². The number of benzene rings is 1. The van der Waals surface area contributed by atoms with E-state index >= 15 is 0 Å². The van der Waals surface area contributed by atoms with E-state index in [0.717, 1.165) is 38.8 Å². The summed E-state index contributed by atoms with van der Waals surface area (Å²) in [5.41, 5.74) is 0.325. The highest BCUT2D eigenvalue weighted by atomic mass is 16.6. The Morgan fingerprint density at radius 2 is 2.03 bits per heavy atom. The molecule has 1 aromatic rings. The Labute approximate surface area is 186 Å². The van der Waals surface area contributed by atoms with Gasteiger partial charge in [0.15, 0.2) is 11.4 Å². The van der Waals surface area contributed by atoms with Gasteiger partial charge in [0, 0.05) is 32.2 Å². The van der Waals surface area contributed by atoms with Gasteiger partial charge in [-0.3, -0.25) is 10.1 Å². The van der Waals surface area contributed by atoms with E-state index in [1.54, 1.807) is 12.1 Å². The first kappa shape index (κ1) is 21.8. The minimum absolute atomic E-state index is 0.157. The normalized spacial score (nSPS) is 20.3. The number of nitrogens with zero attached hydrogens (tertiary/aromatic N) is 4. The molecule has 3 aliphatic rings. The molecule has 1 aromatic carbocycles. The second-order valence-corrected chi connectivity index (χ2v) is 8.19. The molecule has 0 amide bonds. The van der Waals surface area contributed by atoms with Crippen molar-refractivity contribution in [3.8, 4) is 6.07 Å². The molecule has 0 bridgehead atoms. The summed E-state index contributed by atoms with van der Waals surface area (Å²) in [6, 6.07) is 6.55. The molecule has 32 heavy (non-hydrogen) atoms. The fourth-order valence-electron chi connectivity index (χ4n) is 4.36. The summed E-state index contributed by atoms with van der Waals surface area (Å²) in [6.07, 6.45) is 5.46. The first-order valence-electron chi connectivity index (χ1n) is 11.0. The molecule has 0 atom stereocenters. The van der Waals surface area contributed by atoms with Crippen LogP contribution in [-0.2, 0) is 9.53 Å². The third-order valence-corrected chi connectivity index (χ3v) is 6.07. The van der Waals surface area contributed by atoms with Gasteiger partial charge in [0.1, 0.15) is 17.5 Å². The van der Waals surface area contributed by atoms with E-state index in [1.807, 2.05) is 11.0 Å². The summed E-state index contributed by atoms with van der Waals surface area (Å²) in [5.74, 6) is -0.00353. The Morgan fingerprint density at radius 1 is 1.28 bits per heavy atom. The highest BCUT2D eigenvalue weighted by Gasteiger charge is 2.32. The zero-order valence-electron chi connectivity index (χ0n) is 17.8. The SMILES string of the molecule is N#CC(C(=O)OCC1CCCCC1)=C1Nc2c(cccc2[N+](=O)[O-])N=C1N1CCNCC1. The molecule has 2 N–H and O–H groups in total. The van der Waals surface area contributed by atoms with E-state index in [4.69, 9.17) is 4.74 Å². The number of aliphatic imine (C=N–C) groups is 1. The maximum Gasteiger partial charge on any atom is 0.351 e. The Kier molecular flexibility index (Phi) is 6.66. The van der Waals surface area contributed by atoms with Crippen LogP contribution in [0.15, 0.2) is 34.5 Å². The summed E-state index contributed by atoms with van der Waals surface area (Å²) in [4.78, 5) is 30.5. The van der Waals surface area contributed by atoms with E-state index in [0.29, 0.717) is 30.5 Å². The second kappa shape index (κ2) is 9.78. The van der Waals surface area contributed by atoms with Gasteiger partial charge in [0.25, 0.3) is 5.69 Å². The maximum absolute atomic E-state index is 12.9. The van der Waals surface area contributed by atoms with Crippen LogP contribution in [0.25, 0.3) is 0 Å². The molecule has 1 aliphatic carbocycles. The number of amidine groups is 1. The van der Waals surface area contributed by atoms with Crippen LogP contribution < -0.4 is 10.6 Å². The van der Waals surface area contributed by atoms with E-state index < -0.39 is 10.9 Å². The summed E-state index contributed by atoms with van der Waals surface area (Å²) < 4.78 is 5.51. The van der Waals surface area contributed by atoms with Crippen molar-refractivity contribution in [2.24, 2.45) is 10.9 Å². The number of nitro groups is 1. The number of anilines is 1. The number of fused-ring (bicyclic) bond motifs is 1. The molecular weight excluding hydrogens is 412 g/mol. The second-order valence-electron chi connectivity index (χ2n) is 8.19. The molecule has 10 nitrogen and oxygen atoms in total. The monoisotopic (exact) mass is 438 g/mol.